The van der Waals surface area contributed by atoms with Crippen molar-refractivity contribution in [1.82, 2.24) is 0 Å². The molecular formula is C14H26. The zero-order valence-corrected chi connectivity index (χ0v) is 9.97. The summed E-state index contributed by atoms with van der Waals surface area (Å²) in [6, 6.07) is 0. The van der Waals surface area contributed by atoms with Crippen molar-refractivity contribution in [2.45, 2.75) is 65.2 Å². The third kappa shape index (κ3) is 11.5. The minimum atomic E-state index is 1.24. The minimum absolute atomic E-state index is 1.24. The van der Waals surface area contributed by atoms with Gasteiger partial charge in [-0.1, -0.05) is 57.4 Å². The second kappa shape index (κ2) is 12.5. The van der Waals surface area contributed by atoms with E-state index in [1.807, 2.05) is 0 Å². The topological polar surface area (TPSA) is 0 Å². The molecule has 0 saturated carbocycles. The maximum Gasteiger partial charge on any atom is -0.0348 e. The molecule has 0 unspecified atom stereocenters. The van der Waals surface area contributed by atoms with Crippen molar-refractivity contribution in [2.75, 3.05) is 0 Å². The van der Waals surface area contributed by atoms with Crippen molar-refractivity contribution in [3.05, 3.63) is 24.3 Å². The molecule has 0 saturated heterocycles. The fraction of sp³-hybridized carbons (Fsp3) is 0.714. The molecule has 82 valence electrons. The van der Waals surface area contributed by atoms with Gasteiger partial charge in [-0.05, 0) is 32.1 Å². The van der Waals surface area contributed by atoms with Gasteiger partial charge in [0.25, 0.3) is 0 Å². The summed E-state index contributed by atoms with van der Waals surface area (Å²) in [4.78, 5) is 0. The van der Waals surface area contributed by atoms with Crippen LogP contribution in [0, 0.1) is 0 Å². The predicted molar refractivity (Wildman–Crippen MR) is 66.6 cm³/mol. The van der Waals surface area contributed by atoms with E-state index in [0.717, 1.165) is 0 Å². The minimum Gasteiger partial charge on any atom is -0.0885 e. The summed E-state index contributed by atoms with van der Waals surface area (Å²) in [5.74, 6) is 0. The van der Waals surface area contributed by atoms with E-state index >= 15 is 0 Å². The number of hydrogen-bond donors (Lipinski definition) is 0. The third-order valence-corrected chi connectivity index (χ3v) is 2.25. The van der Waals surface area contributed by atoms with Gasteiger partial charge in [0.15, 0.2) is 0 Å². The maximum absolute atomic E-state index is 2.34. The summed E-state index contributed by atoms with van der Waals surface area (Å²) in [7, 11) is 0. The van der Waals surface area contributed by atoms with E-state index in [4.69, 9.17) is 0 Å². The van der Waals surface area contributed by atoms with Gasteiger partial charge in [-0.15, -0.1) is 0 Å². The van der Waals surface area contributed by atoms with Crippen LogP contribution in [0.2, 0.25) is 0 Å². The molecule has 0 fully saturated rings. The highest BCUT2D eigenvalue weighted by Gasteiger charge is 1.81. The zero-order valence-electron chi connectivity index (χ0n) is 9.97. The molecule has 0 heterocycles. The van der Waals surface area contributed by atoms with Crippen LogP contribution in [0.25, 0.3) is 0 Å². The summed E-state index contributed by atoms with van der Waals surface area (Å²) in [6.07, 6.45) is 19.5. The first kappa shape index (κ1) is 13.5. The van der Waals surface area contributed by atoms with Crippen molar-refractivity contribution in [1.29, 1.82) is 0 Å². The molecule has 14 heavy (non-hydrogen) atoms. The summed E-state index contributed by atoms with van der Waals surface area (Å²) < 4.78 is 0. The van der Waals surface area contributed by atoms with Crippen LogP contribution >= 0.6 is 0 Å². The lowest BCUT2D eigenvalue weighted by Crippen LogP contribution is -1.71. The molecule has 0 aromatic carbocycles. The Balaban J connectivity index is 3.08. The van der Waals surface area contributed by atoms with Gasteiger partial charge in [0, 0.05) is 0 Å². The van der Waals surface area contributed by atoms with E-state index < -0.39 is 0 Å². The van der Waals surface area contributed by atoms with E-state index in [1.54, 1.807) is 0 Å². The first-order chi connectivity index (χ1) is 6.91. The average molecular weight is 194 g/mol. The summed E-state index contributed by atoms with van der Waals surface area (Å²) >= 11 is 0. The van der Waals surface area contributed by atoms with Crippen molar-refractivity contribution < 1.29 is 0 Å². The SMILES string of the molecule is CCC/C=C/CCC/C=C\CCCC. The predicted octanol–water partition coefficient (Wildman–Crippen LogP) is 5.26. The first-order valence-corrected chi connectivity index (χ1v) is 6.21. The lowest BCUT2D eigenvalue weighted by molar-refractivity contribution is 0.805. The van der Waals surface area contributed by atoms with Gasteiger partial charge < -0.3 is 0 Å². The number of hydrogen-bond acceptors (Lipinski definition) is 0. The van der Waals surface area contributed by atoms with Crippen LogP contribution in [0.5, 0.6) is 0 Å². The zero-order chi connectivity index (χ0) is 10.5. The summed E-state index contributed by atoms with van der Waals surface area (Å²) in [5.41, 5.74) is 0. The molecule has 0 bridgehead atoms. The molecule has 0 rings (SSSR count). The fourth-order valence-electron chi connectivity index (χ4n) is 1.31. The largest absolute Gasteiger partial charge is 0.0885 e. The monoisotopic (exact) mass is 194 g/mol. The highest BCUT2D eigenvalue weighted by Crippen LogP contribution is 2.01. The average Bonchev–Trinajstić information content (AvgIpc) is 2.21. The van der Waals surface area contributed by atoms with Crippen molar-refractivity contribution in [3.63, 3.8) is 0 Å². The molecule has 0 spiro atoms. The fourth-order valence-corrected chi connectivity index (χ4v) is 1.31. The van der Waals surface area contributed by atoms with Gasteiger partial charge in [-0.2, -0.15) is 0 Å². The summed E-state index contributed by atoms with van der Waals surface area (Å²) in [5, 5.41) is 0. The highest BCUT2D eigenvalue weighted by molar-refractivity contribution is 4.85. The molecule has 0 amide bonds. The summed E-state index contributed by atoms with van der Waals surface area (Å²) in [6.45, 7) is 4.47. The Morgan fingerprint density at radius 2 is 1.07 bits per heavy atom. The Kier molecular flexibility index (Phi) is 12.0. The van der Waals surface area contributed by atoms with E-state index in [1.165, 1.54) is 51.4 Å². The molecule has 0 atom stereocenters. The number of unbranched alkanes of at least 4 members (excludes halogenated alkanes) is 5. The molecule has 0 aliphatic carbocycles. The standard InChI is InChI=1S/C14H26/c1-3-5-7-9-11-13-14-12-10-8-6-4-2/h7,9-10,12H,3-6,8,11,13-14H2,1-2H3/b9-7+,12-10-. The van der Waals surface area contributed by atoms with Gasteiger partial charge >= 0.3 is 0 Å². The lowest BCUT2D eigenvalue weighted by Gasteiger charge is -1.91. The Morgan fingerprint density at radius 3 is 1.57 bits per heavy atom. The molecular weight excluding hydrogens is 168 g/mol. The molecule has 0 aromatic heterocycles. The molecule has 0 N–H and O–H groups in total. The molecule has 0 aromatic rings. The van der Waals surface area contributed by atoms with E-state index in [9.17, 15) is 0 Å². The van der Waals surface area contributed by atoms with Gasteiger partial charge in [0.1, 0.15) is 0 Å². The highest BCUT2D eigenvalue weighted by atomic mass is 13.9. The van der Waals surface area contributed by atoms with E-state index in [0.29, 0.717) is 0 Å². The smallest absolute Gasteiger partial charge is 0.0348 e. The van der Waals surface area contributed by atoms with E-state index in [2.05, 4.69) is 38.2 Å². The Morgan fingerprint density at radius 1 is 0.571 bits per heavy atom. The molecule has 0 nitrogen and oxygen atoms in total. The van der Waals surface area contributed by atoms with Crippen LogP contribution in [0.15, 0.2) is 24.3 Å². The normalized spacial score (nSPS) is 11.9. The van der Waals surface area contributed by atoms with Gasteiger partial charge in [0.2, 0.25) is 0 Å². The number of rotatable bonds is 9. The first-order valence-electron chi connectivity index (χ1n) is 6.21. The van der Waals surface area contributed by atoms with Crippen molar-refractivity contribution in [3.8, 4) is 0 Å². The Labute approximate surface area is 90.1 Å². The molecule has 0 heteroatoms. The van der Waals surface area contributed by atoms with Crippen LogP contribution in [0.1, 0.15) is 65.2 Å². The Bertz CT molecular complexity index is 142. The van der Waals surface area contributed by atoms with Crippen LogP contribution < -0.4 is 0 Å². The van der Waals surface area contributed by atoms with Gasteiger partial charge in [-0.3, -0.25) is 0 Å². The Hall–Kier alpha value is -0.520. The van der Waals surface area contributed by atoms with Crippen LogP contribution in [0.3, 0.4) is 0 Å². The molecule has 0 radical (unpaired) electrons. The van der Waals surface area contributed by atoms with E-state index in [-0.39, 0.29) is 0 Å². The second-order valence-corrected chi connectivity index (χ2v) is 3.80. The van der Waals surface area contributed by atoms with Crippen LogP contribution in [-0.4, -0.2) is 0 Å². The quantitative estimate of drug-likeness (QED) is 0.347. The van der Waals surface area contributed by atoms with Crippen LogP contribution in [-0.2, 0) is 0 Å². The lowest BCUT2D eigenvalue weighted by atomic mass is 10.2. The third-order valence-electron chi connectivity index (χ3n) is 2.25. The van der Waals surface area contributed by atoms with Crippen molar-refractivity contribution >= 4 is 0 Å². The number of allylic oxidation sites excluding steroid dienone is 4. The van der Waals surface area contributed by atoms with Crippen molar-refractivity contribution in [2.24, 2.45) is 0 Å². The maximum atomic E-state index is 2.34. The molecule has 0 aliphatic rings. The molecule has 0 aliphatic heterocycles. The van der Waals surface area contributed by atoms with Gasteiger partial charge in [-0.25, -0.2) is 0 Å². The van der Waals surface area contributed by atoms with Crippen LogP contribution in [0.4, 0.5) is 0 Å². The van der Waals surface area contributed by atoms with Gasteiger partial charge in [0.05, 0.1) is 0 Å². The second-order valence-electron chi connectivity index (χ2n) is 3.80.